The molecule has 0 radical (unpaired) electrons. The fourth-order valence-electron chi connectivity index (χ4n) is 3.00. The normalized spacial score (nSPS) is 11.3. The zero-order chi connectivity index (χ0) is 23.2. The fourth-order valence-corrected chi connectivity index (χ4v) is 4.49. The summed E-state index contributed by atoms with van der Waals surface area (Å²) in [5.74, 6) is -0.364. The summed E-state index contributed by atoms with van der Waals surface area (Å²) in [4.78, 5) is 23.5. The van der Waals surface area contributed by atoms with Gasteiger partial charge in [-0.2, -0.15) is 4.31 Å². The Kier molecular flexibility index (Phi) is 7.95. The summed E-state index contributed by atoms with van der Waals surface area (Å²) in [7, 11) is -2.18. The quantitative estimate of drug-likeness (QED) is 0.419. The third-order valence-corrected chi connectivity index (χ3v) is 6.62. The molecule has 2 N–H and O–H groups in total. The van der Waals surface area contributed by atoms with Crippen molar-refractivity contribution in [3.8, 4) is 5.75 Å². The smallest absolute Gasteiger partial charge is 0.270 e. The molecule has 2 rings (SSSR count). The monoisotopic (exact) mass is 450 g/mol. The van der Waals surface area contributed by atoms with Gasteiger partial charge >= 0.3 is 0 Å². The molecule has 0 atom stereocenters. The third-order valence-electron chi connectivity index (χ3n) is 4.57. The van der Waals surface area contributed by atoms with Gasteiger partial charge in [-0.25, -0.2) is 8.42 Å². The van der Waals surface area contributed by atoms with Gasteiger partial charge in [-0.05, 0) is 31.2 Å². The first-order chi connectivity index (χ1) is 14.7. The first kappa shape index (κ1) is 24.1. The van der Waals surface area contributed by atoms with Crippen LogP contribution in [0.25, 0.3) is 0 Å². The molecule has 0 heterocycles. The Balaban J connectivity index is 2.51. The van der Waals surface area contributed by atoms with Crippen LogP contribution in [-0.4, -0.2) is 50.3 Å². The molecule has 2 aromatic carbocycles. The maximum atomic E-state index is 12.9. The number of hydrogen-bond acceptors (Lipinski definition) is 7. The average molecular weight is 451 g/mol. The predicted molar refractivity (Wildman–Crippen MR) is 118 cm³/mol. The second-order valence-electron chi connectivity index (χ2n) is 6.37. The van der Waals surface area contributed by atoms with E-state index in [0.717, 1.165) is 6.07 Å². The maximum absolute atomic E-state index is 12.9. The van der Waals surface area contributed by atoms with Crippen molar-refractivity contribution < 1.29 is 22.9 Å². The van der Waals surface area contributed by atoms with Gasteiger partial charge in [-0.3, -0.25) is 14.9 Å². The largest absolute Gasteiger partial charge is 0.492 e. The van der Waals surface area contributed by atoms with E-state index in [0.29, 0.717) is 25.4 Å². The first-order valence-corrected chi connectivity index (χ1v) is 11.2. The van der Waals surface area contributed by atoms with Crippen LogP contribution >= 0.6 is 0 Å². The molecule has 11 heteroatoms. The zero-order valence-electron chi connectivity index (χ0n) is 17.8. The van der Waals surface area contributed by atoms with Crippen molar-refractivity contribution in [1.29, 1.82) is 0 Å². The summed E-state index contributed by atoms with van der Waals surface area (Å²) in [6, 6.07) is 8.08. The van der Waals surface area contributed by atoms with Crippen LogP contribution < -0.4 is 15.4 Å². The highest BCUT2D eigenvalue weighted by atomic mass is 32.2. The Morgan fingerprint density at radius 2 is 1.77 bits per heavy atom. The van der Waals surface area contributed by atoms with Gasteiger partial charge in [-0.15, -0.1) is 0 Å². The minimum Gasteiger partial charge on any atom is -0.492 e. The zero-order valence-corrected chi connectivity index (χ0v) is 18.7. The number of ether oxygens (including phenoxy) is 1. The molecule has 31 heavy (non-hydrogen) atoms. The first-order valence-electron chi connectivity index (χ1n) is 9.74. The number of nitrogens with one attached hydrogen (secondary N) is 2. The van der Waals surface area contributed by atoms with Gasteiger partial charge in [0, 0.05) is 38.0 Å². The SMILES string of the molecule is CCOc1ccc(S(=O)(=O)N(CC)CC)cc1NC(=O)c1cc([N+](=O)[O-])ccc1NC. The lowest BCUT2D eigenvalue weighted by Crippen LogP contribution is -2.30. The molecule has 10 nitrogen and oxygen atoms in total. The van der Waals surface area contributed by atoms with E-state index in [1.165, 1.54) is 34.6 Å². The second-order valence-corrected chi connectivity index (χ2v) is 8.31. The summed E-state index contributed by atoms with van der Waals surface area (Å²) < 4.78 is 32.6. The van der Waals surface area contributed by atoms with Crippen molar-refractivity contribution in [1.82, 2.24) is 4.31 Å². The number of rotatable bonds is 10. The van der Waals surface area contributed by atoms with E-state index in [2.05, 4.69) is 10.6 Å². The van der Waals surface area contributed by atoms with Crippen LogP contribution in [0.3, 0.4) is 0 Å². The van der Waals surface area contributed by atoms with E-state index in [9.17, 15) is 23.3 Å². The van der Waals surface area contributed by atoms with Gasteiger partial charge in [-0.1, -0.05) is 13.8 Å². The van der Waals surface area contributed by atoms with Crippen LogP contribution in [0.4, 0.5) is 17.1 Å². The number of amides is 1. The lowest BCUT2D eigenvalue weighted by molar-refractivity contribution is -0.384. The van der Waals surface area contributed by atoms with Crippen LogP contribution in [0.15, 0.2) is 41.3 Å². The second kappa shape index (κ2) is 10.2. The van der Waals surface area contributed by atoms with Gasteiger partial charge < -0.3 is 15.4 Å². The number of hydrogen-bond donors (Lipinski definition) is 2. The summed E-state index contributed by atoms with van der Waals surface area (Å²) >= 11 is 0. The Labute approximate surface area is 181 Å². The molecule has 0 saturated heterocycles. The number of nitro benzene ring substituents is 1. The number of sulfonamides is 1. The topological polar surface area (TPSA) is 131 Å². The minimum absolute atomic E-state index is 0.00263. The van der Waals surface area contributed by atoms with Gasteiger partial charge in [0.1, 0.15) is 5.75 Å². The molecular weight excluding hydrogens is 424 g/mol. The molecule has 0 bridgehead atoms. The molecule has 168 valence electrons. The Morgan fingerprint density at radius 3 is 2.32 bits per heavy atom. The maximum Gasteiger partial charge on any atom is 0.270 e. The third kappa shape index (κ3) is 5.30. The molecule has 0 spiro atoms. The number of benzene rings is 2. The van der Waals surface area contributed by atoms with Gasteiger partial charge in [0.25, 0.3) is 11.6 Å². The minimum atomic E-state index is -3.76. The lowest BCUT2D eigenvalue weighted by atomic mass is 10.1. The van der Waals surface area contributed by atoms with Crippen LogP contribution in [0.2, 0.25) is 0 Å². The summed E-state index contributed by atoms with van der Waals surface area (Å²) in [6.45, 7) is 6.12. The fraction of sp³-hybridized carbons (Fsp3) is 0.350. The molecular formula is C20H26N4O6S. The predicted octanol–water partition coefficient (Wildman–Crippen LogP) is 3.32. The Morgan fingerprint density at radius 1 is 1.10 bits per heavy atom. The number of carbonyl (C=O) groups is 1. The summed E-state index contributed by atoms with van der Waals surface area (Å²) in [6.07, 6.45) is 0. The molecule has 0 saturated carbocycles. The van der Waals surface area contributed by atoms with Crippen molar-refractivity contribution in [3.05, 3.63) is 52.1 Å². The number of anilines is 2. The van der Waals surface area contributed by atoms with E-state index >= 15 is 0 Å². The molecule has 0 aliphatic heterocycles. The molecule has 0 unspecified atom stereocenters. The van der Waals surface area contributed by atoms with Gasteiger partial charge in [0.15, 0.2) is 0 Å². The van der Waals surface area contributed by atoms with Crippen molar-refractivity contribution in [2.45, 2.75) is 25.7 Å². The van der Waals surface area contributed by atoms with E-state index in [4.69, 9.17) is 4.74 Å². The standard InChI is InChI=1S/C20H26N4O6S/c1-5-23(6-2)31(28,29)15-9-11-19(30-7-3)18(13-15)22-20(25)16-12-14(24(26)27)8-10-17(16)21-4/h8-13,21H,5-7H2,1-4H3,(H,22,25). The van der Waals surface area contributed by atoms with Gasteiger partial charge in [0.2, 0.25) is 10.0 Å². The number of nitrogens with zero attached hydrogens (tertiary/aromatic N) is 2. The van der Waals surface area contributed by atoms with Crippen molar-refractivity contribution in [2.75, 3.05) is 37.4 Å². The summed E-state index contributed by atoms with van der Waals surface area (Å²) in [5, 5.41) is 16.6. The molecule has 0 aliphatic carbocycles. The number of carbonyl (C=O) groups excluding carboxylic acids is 1. The lowest BCUT2D eigenvalue weighted by Gasteiger charge is -2.20. The highest BCUT2D eigenvalue weighted by Crippen LogP contribution is 2.31. The average Bonchev–Trinajstić information content (AvgIpc) is 2.75. The molecule has 1 amide bonds. The molecule has 0 fully saturated rings. The Hall–Kier alpha value is -3.18. The van der Waals surface area contributed by atoms with Crippen molar-refractivity contribution >= 4 is 33.0 Å². The van der Waals surface area contributed by atoms with Crippen LogP contribution in [0.1, 0.15) is 31.1 Å². The van der Waals surface area contributed by atoms with Crippen molar-refractivity contribution in [3.63, 3.8) is 0 Å². The van der Waals surface area contributed by atoms with Crippen LogP contribution in [0.5, 0.6) is 5.75 Å². The highest BCUT2D eigenvalue weighted by molar-refractivity contribution is 7.89. The molecule has 0 aromatic heterocycles. The molecule has 2 aromatic rings. The van der Waals surface area contributed by atoms with Crippen LogP contribution in [-0.2, 0) is 10.0 Å². The van der Waals surface area contributed by atoms with E-state index in [1.807, 2.05) is 0 Å². The van der Waals surface area contributed by atoms with E-state index in [1.54, 1.807) is 27.8 Å². The Bertz CT molecular complexity index is 1070. The van der Waals surface area contributed by atoms with Gasteiger partial charge in [0.05, 0.1) is 27.7 Å². The summed E-state index contributed by atoms with van der Waals surface area (Å²) in [5.41, 5.74) is 0.324. The highest BCUT2D eigenvalue weighted by Gasteiger charge is 2.24. The number of nitro groups is 1. The molecule has 0 aliphatic rings. The van der Waals surface area contributed by atoms with E-state index < -0.39 is 20.9 Å². The van der Waals surface area contributed by atoms with E-state index in [-0.39, 0.29) is 27.6 Å². The number of non-ortho nitro benzene ring substituents is 1. The van der Waals surface area contributed by atoms with Crippen molar-refractivity contribution in [2.24, 2.45) is 0 Å². The van der Waals surface area contributed by atoms with Crippen LogP contribution in [0, 0.1) is 10.1 Å².